The van der Waals surface area contributed by atoms with Gasteiger partial charge in [-0.3, -0.25) is 0 Å². The van der Waals surface area contributed by atoms with Crippen LogP contribution in [0.2, 0.25) is 0 Å². The number of halogens is 1. The van der Waals surface area contributed by atoms with Gasteiger partial charge < -0.3 is 9.47 Å². The maximum absolute atomic E-state index is 14.2. The molecule has 2 unspecified atom stereocenters. The number of para-hydroxylation sites is 1. The van der Waals surface area contributed by atoms with Crippen LogP contribution in [0.5, 0.6) is 11.5 Å². The molecule has 0 aromatic heterocycles. The molecule has 3 atom stereocenters. The maximum atomic E-state index is 14.2. The molecule has 0 bridgehead atoms. The van der Waals surface area contributed by atoms with E-state index in [-0.39, 0.29) is 5.75 Å². The van der Waals surface area contributed by atoms with Crippen LogP contribution in [-0.4, -0.2) is 12.7 Å². The standard InChI is InChI=1S/C20H18FNO2/c1-23-20-12-15(20)9-10-19(20,13-22)14-7-8-17(21)18(11-14)24-16-5-3-2-4-6-16/h2-8,11,15H,9-10,12H2,1H3/t15?,19?,20-/m0/s1. The van der Waals surface area contributed by atoms with Crippen molar-refractivity contribution in [2.45, 2.75) is 30.3 Å². The van der Waals surface area contributed by atoms with Gasteiger partial charge in [0.05, 0.1) is 11.7 Å². The van der Waals surface area contributed by atoms with E-state index >= 15 is 0 Å². The number of ether oxygens (including phenoxy) is 2. The molecule has 0 aliphatic heterocycles. The minimum Gasteiger partial charge on any atom is -0.454 e. The first-order chi connectivity index (χ1) is 11.6. The Morgan fingerprint density at radius 1 is 1.21 bits per heavy atom. The molecule has 122 valence electrons. The highest BCUT2D eigenvalue weighted by Gasteiger charge is 2.72. The van der Waals surface area contributed by atoms with Gasteiger partial charge in [0.15, 0.2) is 11.6 Å². The molecule has 0 saturated heterocycles. The largest absolute Gasteiger partial charge is 0.454 e. The van der Waals surface area contributed by atoms with Crippen LogP contribution in [0.1, 0.15) is 24.8 Å². The number of nitriles is 1. The molecular weight excluding hydrogens is 305 g/mol. The zero-order chi connectivity index (χ0) is 16.8. The summed E-state index contributed by atoms with van der Waals surface area (Å²) in [7, 11) is 1.67. The van der Waals surface area contributed by atoms with Gasteiger partial charge in [0.25, 0.3) is 0 Å². The van der Waals surface area contributed by atoms with Crippen molar-refractivity contribution >= 4 is 0 Å². The second kappa shape index (κ2) is 5.32. The van der Waals surface area contributed by atoms with Crippen molar-refractivity contribution in [3.05, 3.63) is 59.9 Å². The van der Waals surface area contributed by atoms with E-state index in [2.05, 4.69) is 6.07 Å². The van der Waals surface area contributed by atoms with Crippen LogP contribution < -0.4 is 4.74 Å². The summed E-state index contributed by atoms with van der Waals surface area (Å²) >= 11 is 0. The van der Waals surface area contributed by atoms with Gasteiger partial charge in [-0.25, -0.2) is 4.39 Å². The summed E-state index contributed by atoms with van der Waals surface area (Å²) in [4.78, 5) is 0. The molecule has 4 heteroatoms. The average molecular weight is 323 g/mol. The molecule has 24 heavy (non-hydrogen) atoms. The highest BCUT2D eigenvalue weighted by molar-refractivity contribution is 5.48. The third-order valence-electron chi connectivity index (χ3n) is 5.59. The fourth-order valence-electron chi connectivity index (χ4n) is 4.26. The Balaban J connectivity index is 1.75. The molecule has 3 nitrogen and oxygen atoms in total. The van der Waals surface area contributed by atoms with Gasteiger partial charge in [-0.2, -0.15) is 5.26 Å². The molecule has 0 radical (unpaired) electrons. The van der Waals surface area contributed by atoms with Gasteiger partial charge >= 0.3 is 0 Å². The van der Waals surface area contributed by atoms with Crippen molar-refractivity contribution in [2.75, 3.05) is 7.11 Å². The lowest BCUT2D eigenvalue weighted by atomic mass is 9.75. The molecule has 0 spiro atoms. The lowest BCUT2D eigenvalue weighted by Crippen LogP contribution is -2.39. The number of hydrogen-bond donors (Lipinski definition) is 0. The Morgan fingerprint density at radius 2 is 2.00 bits per heavy atom. The van der Waals surface area contributed by atoms with Gasteiger partial charge in [-0.1, -0.05) is 24.3 Å². The summed E-state index contributed by atoms with van der Waals surface area (Å²) in [6.45, 7) is 0. The summed E-state index contributed by atoms with van der Waals surface area (Å²) in [5, 5.41) is 9.95. The molecule has 2 aromatic carbocycles. The van der Waals surface area contributed by atoms with Crippen LogP contribution in [-0.2, 0) is 10.2 Å². The Bertz CT molecular complexity index is 812. The molecule has 2 aliphatic rings. The van der Waals surface area contributed by atoms with Crippen molar-refractivity contribution in [3.8, 4) is 17.6 Å². The first kappa shape index (κ1) is 15.2. The van der Waals surface area contributed by atoms with E-state index in [4.69, 9.17) is 9.47 Å². The van der Waals surface area contributed by atoms with Crippen LogP contribution in [0.15, 0.2) is 48.5 Å². The van der Waals surface area contributed by atoms with E-state index in [1.54, 1.807) is 31.4 Å². The van der Waals surface area contributed by atoms with Gasteiger partial charge in [-0.05, 0) is 55.0 Å². The molecular formula is C20H18FNO2. The predicted molar refractivity (Wildman–Crippen MR) is 87.3 cm³/mol. The molecule has 4 rings (SSSR count). The van der Waals surface area contributed by atoms with Gasteiger partial charge in [-0.15, -0.1) is 0 Å². The summed E-state index contributed by atoms with van der Waals surface area (Å²) in [6, 6.07) is 16.3. The van der Waals surface area contributed by atoms with Crippen molar-refractivity contribution in [1.82, 2.24) is 0 Å². The topological polar surface area (TPSA) is 42.2 Å². The molecule has 2 saturated carbocycles. The summed E-state index contributed by atoms with van der Waals surface area (Å²) in [6.07, 6.45) is 2.59. The predicted octanol–water partition coefficient (Wildman–Crippen LogP) is 4.58. The highest BCUT2D eigenvalue weighted by Crippen LogP contribution is 2.67. The SMILES string of the molecule is CO[C@@]12CC1CCC2(C#N)c1ccc(F)c(Oc2ccccc2)c1. The fraction of sp³-hybridized carbons (Fsp3) is 0.350. The quantitative estimate of drug-likeness (QED) is 0.827. The van der Waals surface area contributed by atoms with Crippen LogP contribution >= 0.6 is 0 Å². The normalized spacial score (nSPS) is 30.5. The summed E-state index contributed by atoms with van der Waals surface area (Å²) in [5.41, 5.74) is -0.377. The molecule has 2 fully saturated rings. The molecule has 2 aliphatic carbocycles. The van der Waals surface area contributed by atoms with Gasteiger partial charge in [0.2, 0.25) is 0 Å². The number of fused-ring (bicyclic) bond motifs is 1. The molecule has 2 aromatic rings. The van der Waals surface area contributed by atoms with Crippen LogP contribution in [0, 0.1) is 23.1 Å². The lowest BCUT2D eigenvalue weighted by Gasteiger charge is -2.32. The number of rotatable bonds is 4. The van der Waals surface area contributed by atoms with E-state index in [9.17, 15) is 9.65 Å². The Labute approximate surface area is 140 Å². The van der Waals surface area contributed by atoms with E-state index in [0.29, 0.717) is 11.7 Å². The number of methoxy groups -OCH3 is 1. The van der Waals surface area contributed by atoms with E-state index in [0.717, 1.165) is 24.8 Å². The van der Waals surface area contributed by atoms with Crippen molar-refractivity contribution in [1.29, 1.82) is 5.26 Å². The first-order valence-electron chi connectivity index (χ1n) is 8.14. The summed E-state index contributed by atoms with van der Waals surface area (Å²) in [5.74, 6) is 0.693. The Hall–Kier alpha value is -2.38. The second-order valence-corrected chi connectivity index (χ2v) is 6.61. The number of nitrogens with zero attached hydrogens (tertiary/aromatic N) is 1. The fourth-order valence-corrected chi connectivity index (χ4v) is 4.26. The van der Waals surface area contributed by atoms with Gasteiger partial charge in [0, 0.05) is 7.11 Å². The average Bonchev–Trinajstić information content (AvgIpc) is 3.26. The zero-order valence-electron chi connectivity index (χ0n) is 13.5. The highest BCUT2D eigenvalue weighted by atomic mass is 19.1. The van der Waals surface area contributed by atoms with E-state index < -0.39 is 16.8 Å². The second-order valence-electron chi connectivity index (χ2n) is 6.61. The van der Waals surface area contributed by atoms with Crippen molar-refractivity contribution in [2.24, 2.45) is 5.92 Å². The van der Waals surface area contributed by atoms with Crippen LogP contribution in [0.4, 0.5) is 4.39 Å². The van der Waals surface area contributed by atoms with Crippen LogP contribution in [0.3, 0.4) is 0 Å². The van der Waals surface area contributed by atoms with Crippen LogP contribution in [0.25, 0.3) is 0 Å². The Morgan fingerprint density at radius 3 is 2.67 bits per heavy atom. The third-order valence-corrected chi connectivity index (χ3v) is 5.59. The smallest absolute Gasteiger partial charge is 0.165 e. The molecule has 0 heterocycles. The summed E-state index contributed by atoms with van der Waals surface area (Å²) < 4.78 is 25.7. The van der Waals surface area contributed by atoms with Gasteiger partial charge in [0.1, 0.15) is 11.2 Å². The van der Waals surface area contributed by atoms with E-state index in [1.807, 2.05) is 18.2 Å². The Kier molecular flexibility index (Phi) is 3.36. The first-order valence-corrected chi connectivity index (χ1v) is 8.14. The number of hydrogen-bond acceptors (Lipinski definition) is 3. The van der Waals surface area contributed by atoms with E-state index in [1.165, 1.54) is 6.07 Å². The third kappa shape index (κ3) is 1.98. The minimum absolute atomic E-state index is 0.142. The van der Waals surface area contributed by atoms with Crippen molar-refractivity contribution < 1.29 is 13.9 Å². The minimum atomic E-state index is -0.727. The molecule has 0 N–H and O–H groups in total. The maximum Gasteiger partial charge on any atom is 0.165 e. The van der Waals surface area contributed by atoms with Crippen molar-refractivity contribution in [3.63, 3.8) is 0 Å². The monoisotopic (exact) mass is 323 g/mol. The lowest BCUT2D eigenvalue weighted by molar-refractivity contribution is 0.0345. The zero-order valence-corrected chi connectivity index (χ0v) is 13.5. The number of benzene rings is 2. The molecule has 0 amide bonds.